The van der Waals surface area contributed by atoms with Crippen LogP contribution >= 0.6 is 0 Å². The summed E-state index contributed by atoms with van der Waals surface area (Å²) in [5.74, 6) is 3.12. The molecule has 0 N–H and O–H groups in total. The minimum atomic E-state index is -2.56. The van der Waals surface area contributed by atoms with Crippen molar-refractivity contribution in [3.63, 3.8) is 0 Å². The predicted molar refractivity (Wildman–Crippen MR) is 313 cm³/mol. The molecule has 18 nitrogen and oxygen atoms in total. The van der Waals surface area contributed by atoms with E-state index < -0.39 is 38.2 Å². The van der Waals surface area contributed by atoms with E-state index in [1.165, 1.54) is 29.1 Å². The van der Waals surface area contributed by atoms with Crippen molar-refractivity contribution in [2.24, 2.45) is 0 Å². The number of fused-ring (bicyclic) bond motifs is 12. The largest absolute Gasteiger partial charge is 0.435 e. The Morgan fingerprint density at radius 3 is 1.11 bits per heavy atom. The predicted octanol–water partition coefficient (Wildman–Crippen LogP) is 13.6. The van der Waals surface area contributed by atoms with Crippen LogP contribution in [0.15, 0.2) is 142 Å². The summed E-state index contributed by atoms with van der Waals surface area (Å²) in [6, 6.07) is 21.0. The highest BCUT2D eigenvalue weighted by Crippen LogP contribution is 2.50. The van der Waals surface area contributed by atoms with Crippen molar-refractivity contribution >= 4 is 118 Å². The Kier molecular flexibility index (Phi) is 9.76. The number of furan rings is 3. The number of nitrogens with zero attached hydrogens (tertiary/aromatic N) is 15. The molecule has 18 heteroatoms. The Hall–Kier alpha value is -9.45. The van der Waals surface area contributed by atoms with Gasteiger partial charge in [-0.1, -0.05) is 36.4 Å². The fourth-order valence-electron chi connectivity index (χ4n) is 11.5. The van der Waals surface area contributed by atoms with Gasteiger partial charge in [-0.25, -0.2) is 44.9 Å². The number of anilines is 9. The normalized spacial score (nSPS) is 19.4. The second-order valence-electron chi connectivity index (χ2n) is 20.0. The van der Waals surface area contributed by atoms with Gasteiger partial charge in [0, 0.05) is 115 Å². The lowest BCUT2D eigenvalue weighted by Crippen LogP contribution is -2.42. The maximum atomic E-state index is 8.73. The fourth-order valence-corrected chi connectivity index (χ4v) is 11.5. The van der Waals surface area contributed by atoms with Gasteiger partial charge >= 0.3 is 0 Å². The van der Waals surface area contributed by atoms with Gasteiger partial charge in [0.15, 0.2) is 51.7 Å². The SMILES string of the molecule is [2H]C(C)(C)N1c2nccnc2N(c2c(C)ccc3c2oc2ncccc23)C1C.[2H]C([2H])([2H])C([2H])(C)N1c2nccnc2N(c2c(C)ccc3c2oc2ncccc23)C1C.[2H]C([2H])([2H])N1c2nccnc2N(c2c(C)ccc3c2oc2ncccc23)C1C. The Morgan fingerprint density at radius 2 is 0.747 bits per heavy atom. The topological polar surface area (TPSA) is 175 Å². The number of benzene rings is 3. The summed E-state index contributed by atoms with van der Waals surface area (Å²) in [5, 5.41) is 5.65. The van der Waals surface area contributed by atoms with E-state index in [-0.39, 0.29) is 6.17 Å². The second kappa shape index (κ2) is 18.9. The fraction of sp³-hybridized carbons (Fsp3) is 0.262. The molecule has 0 fully saturated rings. The highest BCUT2D eigenvalue weighted by molar-refractivity contribution is 6.12. The lowest BCUT2D eigenvalue weighted by atomic mass is 10.1. The molecule has 12 heterocycles. The minimum absolute atomic E-state index is 0.143. The third-order valence-corrected chi connectivity index (χ3v) is 14.9. The molecule has 396 valence electrons. The van der Waals surface area contributed by atoms with E-state index in [0.717, 1.165) is 77.5 Å². The van der Waals surface area contributed by atoms with Crippen molar-refractivity contribution in [2.75, 3.05) is 36.4 Å². The van der Waals surface area contributed by atoms with E-state index in [4.69, 9.17) is 24.2 Å². The molecule has 9 aromatic heterocycles. The Bertz CT molecular complexity index is 4490. The number of rotatable bonds is 5. The van der Waals surface area contributed by atoms with E-state index >= 15 is 0 Å². The van der Waals surface area contributed by atoms with Crippen LogP contribution in [-0.2, 0) is 0 Å². The van der Waals surface area contributed by atoms with Gasteiger partial charge in [-0.2, -0.15) is 0 Å². The van der Waals surface area contributed by atoms with Crippen LogP contribution in [0.3, 0.4) is 0 Å². The van der Waals surface area contributed by atoms with Crippen molar-refractivity contribution in [2.45, 2.75) is 99.7 Å². The number of pyridine rings is 3. The van der Waals surface area contributed by atoms with Crippen LogP contribution in [0, 0.1) is 20.8 Å². The van der Waals surface area contributed by atoms with Crippen molar-refractivity contribution in [1.29, 1.82) is 0 Å². The Labute approximate surface area is 467 Å². The Morgan fingerprint density at radius 1 is 0.405 bits per heavy atom. The maximum absolute atomic E-state index is 8.73. The first-order valence-electron chi connectivity index (χ1n) is 29.9. The van der Waals surface area contributed by atoms with Gasteiger partial charge in [-0.15, -0.1) is 0 Å². The first-order valence-corrected chi connectivity index (χ1v) is 25.9. The molecule has 0 saturated heterocycles. The van der Waals surface area contributed by atoms with Crippen molar-refractivity contribution < 1.29 is 24.2 Å². The zero-order valence-corrected chi connectivity index (χ0v) is 44.8. The van der Waals surface area contributed by atoms with E-state index in [9.17, 15) is 0 Å². The summed E-state index contributed by atoms with van der Waals surface area (Å²) in [5.41, 5.74) is 9.18. The van der Waals surface area contributed by atoms with Crippen LogP contribution < -0.4 is 29.4 Å². The molecule has 0 radical (unpaired) electrons. The lowest BCUT2D eigenvalue weighted by molar-refractivity contribution is 0.597. The standard InChI is InChI=1S/2C21H21N5O.C19H17N5O/c2*1-12(2)25-14(4)26(20-19(25)22-10-11-23-20)17-13(3)7-8-15-16-6-5-9-24-21(16)27-18(15)17;1-11-6-7-13-14-5-4-8-22-19(14)25-16(13)15(11)24-12(2)23(3)17-18(24)21-10-9-20-17/h2*5-12,14H,1-4H3;4-10,12H,1-3H3/i1D3,12D;12D;3D3. The van der Waals surface area contributed by atoms with Crippen LogP contribution in [0.1, 0.15) is 76.1 Å². The lowest BCUT2D eigenvalue weighted by Gasteiger charge is -2.32. The van der Waals surface area contributed by atoms with Crippen LogP contribution in [0.4, 0.5) is 52.0 Å². The first-order chi connectivity index (χ1) is 41.4. The van der Waals surface area contributed by atoms with Crippen LogP contribution in [0.5, 0.6) is 0 Å². The van der Waals surface area contributed by atoms with Gasteiger partial charge < -0.3 is 28.0 Å². The van der Waals surface area contributed by atoms with Crippen LogP contribution in [0.25, 0.3) is 66.2 Å². The molecule has 0 saturated carbocycles. The van der Waals surface area contributed by atoms with Crippen LogP contribution in [-0.4, -0.2) is 82.4 Å². The Balaban J connectivity index is 0.000000121. The smallest absolute Gasteiger partial charge is 0.227 e. The number of aryl methyl sites for hydroxylation is 3. The molecule has 15 rings (SSSR count). The molecule has 0 spiro atoms. The summed E-state index contributed by atoms with van der Waals surface area (Å²) >= 11 is 0. The third kappa shape index (κ3) is 7.62. The van der Waals surface area contributed by atoms with E-state index in [2.05, 4.69) is 75.7 Å². The third-order valence-electron chi connectivity index (χ3n) is 14.9. The van der Waals surface area contributed by atoms with E-state index in [1.807, 2.05) is 117 Å². The monoisotopic (exact) mass is 1060 g/mol. The summed E-state index contributed by atoms with van der Waals surface area (Å²) in [6.45, 7) is 11.9. The van der Waals surface area contributed by atoms with Gasteiger partial charge in [0.2, 0.25) is 17.1 Å². The van der Waals surface area contributed by atoms with Gasteiger partial charge in [0.25, 0.3) is 0 Å². The summed E-state index contributed by atoms with van der Waals surface area (Å²) in [4.78, 5) is 50.6. The highest BCUT2D eigenvalue weighted by atomic mass is 16.3. The van der Waals surface area contributed by atoms with Crippen LogP contribution in [0.2, 0.25) is 0 Å². The molecule has 0 aliphatic carbocycles. The molecule has 0 bridgehead atoms. The molecule has 79 heavy (non-hydrogen) atoms. The van der Waals surface area contributed by atoms with Gasteiger partial charge in [-0.05, 0) is 122 Å². The van der Waals surface area contributed by atoms with Gasteiger partial charge in [0.1, 0.15) is 18.5 Å². The summed E-state index contributed by atoms with van der Waals surface area (Å²) < 4.78 is 83.6. The van der Waals surface area contributed by atoms with Crippen molar-refractivity contribution in [3.8, 4) is 0 Å². The molecule has 12 aromatic rings. The molecule has 3 aliphatic heterocycles. The number of hydrogen-bond acceptors (Lipinski definition) is 18. The first kappa shape index (κ1) is 40.8. The number of hydrogen-bond donors (Lipinski definition) is 0. The average Bonchev–Trinajstić information content (AvgIpc) is 1.62. The summed E-state index contributed by atoms with van der Waals surface area (Å²) in [7, 11) is 0. The van der Waals surface area contributed by atoms with Crippen molar-refractivity contribution in [1.82, 2.24) is 44.9 Å². The zero-order valence-electron chi connectivity index (χ0n) is 52.8. The highest BCUT2D eigenvalue weighted by Gasteiger charge is 2.42. The maximum Gasteiger partial charge on any atom is 0.227 e. The summed E-state index contributed by atoms with van der Waals surface area (Å²) in [6.07, 6.45) is 13.4. The molecule has 3 aliphatic rings. The molecular formula is C61H59N15O3. The minimum Gasteiger partial charge on any atom is -0.435 e. The average molecular weight is 1060 g/mol. The van der Waals surface area contributed by atoms with E-state index in [1.54, 1.807) is 43.4 Å². The zero-order chi connectivity index (χ0) is 61.4. The molecular weight excluding hydrogens is 991 g/mol. The molecule has 4 unspecified atom stereocenters. The second-order valence-corrected chi connectivity index (χ2v) is 20.0. The quantitative estimate of drug-likeness (QED) is 0.159. The van der Waals surface area contributed by atoms with Gasteiger partial charge in [-0.3, -0.25) is 14.7 Å². The van der Waals surface area contributed by atoms with Crippen molar-refractivity contribution in [3.05, 3.63) is 145 Å². The van der Waals surface area contributed by atoms with E-state index in [0.29, 0.717) is 57.4 Å². The van der Waals surface area contributed by atoms with Gasteiger partial charge in [0.05, 0.1) is 19.8 Å². The molecule has 3 aromatic carbocycles. The number of aromatic nitrogens is 9. The molecule has 0 amide bonds. The molecule has 4 atom stereocenters.